The maximum atomic E-state index is 12.3. The molecule has 1 fully saturated rings. The van der Waals surface area contributed by atoms with Gasteiger partial charge in [-0.1, -0.05) is 0 Å². The minimum absolute atomic E-state index is 0.646. The number of rotatable bonds is 3. The zero-order valence-corrected chi connectivity index (χ0v) is 10.7. The molecule has 0 saturated carbocycles. The van der Waals surface area contributed by atoms with Crippen LogP contribution in [0.3, 0.4) is 0 Å². The van der Waals surface area contributed by atoms with Crippen molar-refractivity contribution < 1.29 is 24.2 Å². The average Bonchev–Trinajstić information content (AvgIpc) is 2.70. The number of carbonyl (C=O) groups is 3. The highest BCUT2D eigenvalue weighted by atomic mass is 16.5. The topological polar surface area (TPSA) is 103 Å². The molecule has 2 heterocycles. The normalized spacial score (nSPS) is 30.1. The van der Waals surface area contributed by atoms with Crippen molar-refractivity contribution in [3.63, 3.8) is 0 Å². The summed E-state index contributed by atoms with van der Waals surface area (Å²) in [4.78, 5) is 42.5. The SMILES string of the molecule is COC12N=CN(C)C1C(=O)N(CC(=O)O)C(=O)N2C. The smallest absolute Gasteiger partial charge is 0.330 e. The Bertz CT molecular complexity index is 479. The number of hydrogen-bond acceptors (Lipinski definition) is 6. The number of carboxylic acids is 1. The molecule has 0 radical (unpaired) electrons. The van der Waals surface area contributed by atoms with Crippen molar-refractivity contribution in [2.45, 2.75) is 11.9 Å². The average molecular weight is 270 g/mol. The minimum Gasteiger partial charge on any atom is -0.480 e. The highest BCUT2D eigenvalue weighted by molar-refractivity contribution is 6.04. The first kappa shape index (κ1) is 13.3. The zero-order valence-electron chi connectivity index (χ0n) is 10.7. The molecule has 2 rings (SSSR count). The van der Waals surface area contributed by atoms with Gasteiger partial charge in [-0.05, 0) is 0 Å². The fraction of sp³-hybridized carbons (Fsp3) is 0.600. The maximum Gasteiger partial charge on any atom is 0.330 e. The molecule has 3 amide bonds. The summed E-state index contributed by atoms with van der Waals surface area (Å²) in [7, 11) is 4.36. The van der Waals surface area contributed by atoms with E-state index in [4.69, 9.17) is 9.84 Å². The van der Waals surface area contributed by atoms with Gasteiger partial charge < -0.3 is 14.7 Å². The third-order valence-corrected chi connectivity index (χ3v) is 3.28. The second-order valence-corrected chi connectivity index (χ2v) is 4.34. The van der Waals surface area contributed by atoms with E-state index < -0.39 is 36.3 Å². The summed E-state index contributed by atoms with van der Waals surface area (Å²) in [6, 6.07) is -1.64. The molecule has 0 bridgehead atoms. The number of carboxylic acid groups (broad SMARTS) is 1. The molecule has 1 saturated heterocycles. The van der Waals surface area contributed by atoms with E-state index in [9.17, 15) is 14.4 Å². The third kappa shape index (κ3) is 1.65. The van der Waals surface area contributed by atoms with Crippen LogP contribution in [-0.4, -0.2) is 83.7 Å². The molecule has 0 spiro atoms. The van der Waals surface area contributed by atoms with Gasteiger partial charge in [0.15, 0.2) is 6.04 Å². The summed E-state index contributed by atoms with van der Waals surface area (Å²) in [5.41, 5.74) is 0. The Morgan fingerprint density at radius 1 is 1.53 bits per heavy atom. The number of imide groups is 1. The van der Waals surface area contributed by atoms with Crippen molar-refractivity contribution in [2.75, 3.05) is 27.7 Å². The summed E-state index contributed by atoms with van der Waals surface area (Å²) in [5.74, 6) is -3.34. The standard InChI is InChI=1S/C10H14N4O5/c1-12-5-11-10(19-3)7(12)8(17)14(4-6(15)16)9(18)13(10)2/h5,7H,4H2,1-3H3,(H,15,16). The number of ether oxygens (including phenoxy) is 1. The highest BCUT2D eigenvalue weighted by Gasteiger charge is 2.60. The maximum absolute atomic E-state index is 12.3. The molecule has 2 unspecified atom stereocenters. The Morgan fingerprint density at radius 3 is 2.68 bits per heavy atom. The van der Waals surface area contributed by atoms with E-state index in [-0.39, 0.29) is 0 Å². The van der Waals surface area contributed by atoms with Crippen molar-refractivity contribution >= 4 is 24.2 Å². The van der Waals surface area contributed by atoms with E-state index in [1.807, 2.05) is 0 Å². The third-order valence-electron chi connectivity index (χ3n) is 3.28. The number of aliphatic imine (C=N–C) groups is 1. The van der Waals surface area contributed by atoms with Gasteiger partial charge in [0.2, 0.25) is 0 Å². The van der Waals surface area contributed by atoms with Gasteiger partial charge in [-0.15, -0.1) is 0 Å². The molecule has 0 aromatic carbocycles. The van der Waals surface area contributed by atoms with Crippen LogP contribution in [0.1, 0.15) is 0 Å². The summed E-state index contributed by atoms with van der Waals surface area (Å²) >= 11 is 0. The quantitative estimate of drug-likeness (QED) is 0.677. The molecule has 9 heteroatoms. The molecule has 2 aliphatic rings. The molecule has 0 aromatic heterocycles. The monoisotopic (exact) mass is 270 g/mol. The molecular weight excluding hydrogens is 256 g/mol. The number of carbonyl (C=O) groups excluding carboxylic acids is 2. The van der Waals surface area contributed by atoms with Crippen LogP contribution in [0.25, 0.3) is 0 Å². The lowest BCUT2D eigenvalue weighted by Crippen LogP contribution is -2.72. The van der Waals surface area contributed by atoms with Crippen LogP contribution >= 0.6 is 0 Å². The highest BCUT2D eigenvalue weighted by Crippen LogP contribution is 2.34. The first-order valence-corrected chi connectivity index (χ1v) is 5.48. The number of nitrogens with zero attached hydrogens (tertiary/aromatic N) is 4. The van der Waals surface area contributed by atoms with Crippen LogP contribution in [0, 0.1) is 0 Å². The lowest BCUT2D eigenvalue weighted by atomic mass is 10.1. The number of urea groups is 1. The number of likely N-dealkylation sites (N-methyl/N-ethyl adjacent to an activating group) is 2. The Morgan fingerprint density at radius 2 is 2.16 bits per heavy atom. The molecule has 1 N–H and O–H groups in total. The lowest BCUT2D eigenvalue weighted by molar-refractivity contribution is -0.174. The summed E-state index contributed by atoms with van der Waals surface area (Å²) in [6.07, 6.45) is 1.39. The fourth-order valence-corrected chi connectivity index (χ4v) is 2.32. The van der Waals surface area contributed by atoms with Crippen LogP contribution in [0.2, 0.25) is 0 Å². The van der Waals surface area contributed by atoms with Gasteiger partial charge in [0.1, 0.15) is 6.54 Å². The van der Waals surface area contributed by atoms with Crippen molar-refractivity contribution in [3.05, 3.63) is 0 Å². The van der Waals surface area contributed by atoms with E-state index in [1.54, 1.807) is 7.05 Å². The number of fused-ring (bicyclic) bond motifs is 1. The number of hydrogen-bond donors (Lipinski definition) is 1. The fourth-order valence-electron chi connectivity index (χ4n) is 2.32. The molecule has 2 atom stereocenters. The Hall–Kier alpha value is -2.16. The van der Waals surface area contributed by atoms with Crippen LogP contribution in [0.5, 0.6) is 0 Å². The Kier molecular flexibility index (Phi) is 2.93. The van der Waals surface area contributed by atoms with Crippen LogP contribution in [0.4, 0.5) is 4.79 Å². The molecule has 0 aromatic rings. The minimum atomic E-state index is -1.43. The Balaban J connectivity index is 2.43. The van der Waals surface area contributed by atoms with Gasteiger partial charge in [-0.3, -0.25) is 19.4 Å². The van der Waals surface area contributed by atoms with Crippen LogP contribution in [-0.2, 0) is 14.3 Å². The van der Waals surface area contributed by atoms with Crippen molar-refractivity contribution in [1.82, 2.24) is 14.7 Å². The number of methoxy groups -OCH3 is 1. The summed E-state index contributed by atoms with van der Waals surface area (Å²) in [5, 5.41) is 8.77. The van der Waals surface area contributed by atoms with Gasteiger partial charge in [-0.25, -0.2) is 9.79 Å². The van der Waals surface area contributed by atoms with Crippen molar-refractivity contribution in [2.24, 2.45) is 4.99 Å². The van der Waals surface area contributed by atoms with Crippen LogP contribution in [0.15, 0.2) is 4.99 Å². The van der Waals surface area contributed by atoms with Gasteiger partial charge in [0, 0.05) is 21.2 Å². The first-order chi connectivity index (χ1) is 8.85. The van der Waals surface area contributed by atoms with Crippen molar-refractivity contribution in [1.29, 1.82) is 0 Å². The molecule has 104 valence electrons. The summed E-state index contributed by atoms with van der Waals surface area (Å²) < 4.78 is 5.25. The predicted molar refractivity (Wildman–Crippen MR) is 62.3 cm³/mol. The molecule has 9 nitrogen and oxygen atoms in total. The number of amides is 3. The van der Waals surface area contributed by atoms with Gasteiger partial charge >= 0.3 is 12.0 Å². The van der Waals surface area contributed by atoms with E-state index in [0.29, 0.717) is 4.90 Å². The largest absolute Gasteiger partial charge is 0.480 e. The molecule has 2 aliphatic heterocycles. The number of aliphatic carboxylic acids is 1. The first-order valence-electron chi connectivity index (χ1n) is 5.48. The van der Waals surface area contributed by atoms with E-state index >= 15 is 0 Å². The second kappa shape index (κ2) is 4.19. The van der Waals surface area contributed by atoms with E-state index in [0.717, 1.165) is 4.90 Å². The Labute approximate surface area is 109 Å². The van der Waals surface area contributed by atoms with Gasteiger partial charge in [0.05, 0.1) is 6.34 Å². The van der Waals surface area contributed by atoms with Gasteiger partial charge in [0.25, 0.3) is 11.8 Å². The van der Waals surface area contributed by atoms with E-state index in [2.05, 4.69) is 4.99 Å². The predicted octanol–water partition coefficient (Wildman–Crippen LogP) is -1.39. The van der Waals surface area contributed by atoms with Gasteiger partial charge in [-0.2, -0.15) is 0 Å². The molecule has 19 heavy (non-hydrogen) atoms. The molecule has 0 aliphatic carbocycles. The summed E-state index contributed by atoms with van der Waals surface area (Å²) in [6.45, 7) is -0.688. The zero-order chi connectivity index (χ0) is 14.4. The van der Waals surface area contributed by atoms with Crippen molar-refractivity contribution in [3.8, 4) is 0 Å². The lowest BCUT2D eigenvalue weighted by Gasteiger charge is -2.46. The van der Waals surface area contributed by atoms with E-state index in [1.165, 1.54) is 25.4 Å². The van der Waals surface area contributed by atoms with Crippen LogP contribution < -0.4 is 0 Å². The molecular formula is C10H14N4O5. The second-order valence-electron chi connectivity index (χ2n) is 4.34.